The molecule has 0 radical (unpaired) electrons. The van der Waals surface area contributed by atoms with E-state index in [2.05, 4.69) is 25.9 Å². The third-order valence-corrected chi connectivity index (χ3v) is 5.76. The molecule has 0 saturated carbocycles. The number of halogens is 1. The van der Waals surface area contributed by atoms with E-state index in [1.165, 1.54) is 4.90 Å². The average molecular weight is 492 g/mol. The normalized spacial score (nSPS) is 15.2. The van der Waals surface area contributed by atoms with Crippen molar-refractivity contribution in [3.63, 3.8) is 0 Å². The van der Waals surface area contributed by atoms with Crippen LogP contribution in [0.15, 0.2) is 74.6 Å². The number of amides is 1. The van der Waals surface area contributed by atoms with Crippen LogP contribution in [0.25, 0.3) is 11.0 Å². The third kappa shape index (κ3) is 3.36. The van der Waals surface area contributed by atoms with E-state index in [0.717, 1.165) is 22.2 Å². The molecule has 1 aliphatic heterocycles. The van der Waals surface area contributed by atoms with E-state index in [0.29, 0.717) is 17.6 Å². The summed E-state index contributed by atoms with van der Waals surface area (Å²) in [5, 5.41) is 0.398. The maximum absolute atomic E-state index is 13.6. The Kier molecular flexibility index (Phi) is 5.22. The Morgan fingerprint density at radius 2 is 1.84 bits per heavy atom. The van der Waals surface area contributed by atoms with E-state index in [-0.39, 0.29) is 22.7 Å². The van der Waals surface area contributed by atoms with Gasteiger partial charge in [-0.25, -0.2) is 9.97 Å². The fourth-order valence-electron chi connectivity index (χ4n) is 3.85. The second-order valence-corrected chi connectivity index (χ2v) is 8.27. The van der Waals surface area contributed by atoms with Crippen molar-refractivity contribution in [2.45, 2.75) is 19.4 Å². The SMILES string of the molecule is CCCOc1ccc(C2c3c(oc4ccc(Br)cc4c3=O)C(=O)N2c2ncccn2)cc1. The predicted molar refractivity (Wildman–Crippen MR) is 123 cm³/mol. The van der Waals surface area contributed by atoms with Crippen LogP contribution in [-0.2, 0) is 0 Å². The van der Waals surface area contributed by atoms with Gasteiger partial charge in [-0.3, -0.25) is 14.5 Å². The number of fused-ring (bicyclic) bond motifs is 2. The topological polar surface area (TPSA) is 85.5 Å². The molecule has 0 saturated heterocycles. The molecular weight excluding hydrogens is 474 g/mol. The van der Waals surface area contributed by atoms with Gasteiger partial charge in [-0.2, -0.15) is 0 Å². The van der Waals surface area contributed by atoms with Crippen LogP contribution >= 0.6 is 15.9 Å². The Morgan fingerprint density at radius 3 is 2.56 bits per heavy atom. The van der Waals surface area contributed by atoms with Gasteiger partial charge in [0.25, 0.3) is 5.91 Å². The summed E-state index contributed by atoms with van der Waals surface area (Å²) in [6, 6.07) is 13.4. The van der Waals surface area contributed by atoms with Crippen LogP contribution in [0.5, 0.6) is 5.75 Å². The zero-order valence-electron chi connectivity index (χ0n) is 17.1. The monoisotopic (exact) mass is 491 g/mol. The zero-order chi connectivity index (χ0) is 22.2. The molecule has 1 atom stereocenters. The highest BCUT2D eigenvalue weighted by Gasteiger charge is 2.44. The Hall–Kier alpha value is -3.52. The van der Waals surface area contributed by atoms with Gasteiger partial charge < -0.3 is 9.15 Å². The summed E-state index contributed by atoms with van der Waals surface area (Å²) in [7, 11) is 0. The molecular formula is C24H18BrN3O4. The molecule has 0 N–H and O–H groups in total. The summed E-state index contributed by atoms with van der Waals surface area (Å²) in [4.78, 5) is 36.9. The van der Waals surface area contributed by atoms with Crippen molar-refractivity contribution in [2.75, 3.05) is 11.5 Å². The molecule has 8 heteroatoms. The maximum atomic E-state index is 13.6. The van der Waals surface area contributed by atoms with Gasteiger partial charge in [-0.1, -0.05) is 35.0 Å². The van der Waals surface area contributed by atoms with Gasteiger partial charge in [0.15, 0.2) is 5.43 Å². The predicted octanol–water partition coefficient (Wildman–Crippen LogP) is 4.88. The molecule has 2 aromatic heterocycles. The largest absolute Gasteiger partial charge is 0.494 e. The first-order valence-corrected chi connectivity index (χ1v) is 11.0. The zero-order valence-corrected chi connectivity index (χ0v) is 18.7. The standard InChI is InChI=1S/C24H18BrN3O4/c1-2-12-31-16-7-4-14(5-8-16)20-19-21(29)17-13-15(25)6-9-18(17)32-22(19)23(30)28(20)24-26-10-3-11-27-24/h3-11,13,20H,2,12H2,1H3. The first-order chi connectivity index (χ1) is 15.6. The van der Waals surface area contributed by atoms with Gasteiger partial charge in [0.1, 0.15) is 11.3 Å². The molecule has 0 spiro atoms. The van der Waals surface area contributed by atoms with E-state index >= 15 is 0 Å². The number of aromatic nitrogens is 2. The lowest BCUT2D eigenvalue weighted by molar-refractivity contribution is 0.0969. The quantitative estimate of drug-likeness (QED) is 0.395. The molecule has 1 amide bonds. The fourth-order valence-corrected chi connectivity index (χ4v) is 4.21. The molecule has 5 rings (SSSR count). The number of carbonyl (C=O) groups excluding carboxylic acids is 1. The molecule has 0 fully saturated rings. The number of rotatable bonds is 5. The van der Waals surface area contributed by atoms with Crippen LogP contribution in [0.2, 0.25) is 0 Å². The molecule has 3 heterocycles. The van der Waals surface area contributed by atoms with E-state index < -0.39 is 11.9 Å². The molecule has 2 aromatic carbocycles. The second-order valence-electron chi connectivity index (χ2n) is 7.36. The van der Waals surface area contributed by atoms with Crippen molar-refractivity contribution in [2.24, 2.45) is 0 Å². The summed E-state index contributed by atoms with van der Waals surface area (Å²) in [6.07, 6.45) is 4.01. The molecule has 160 valence electrons. The lowest BCUT2D eigenvalue weighted by Gasteiger charge is -2.23. The summed E-state index contributed by atoms with van der Waals surface area (Å²) in [6.45, 7) is 2.65. The summed E-state index contributed by atoms with van der Waals surface area (Å²) in [5.41, 5.74) is 1.10. The molecule has 0 bridgehead atoms. The minimum atomic E-state index is -0.722. The van der Waals surface area contributed by atoms with Crippen molar-refractivity contribution in [3.05, 3.63) is 92.5 Å². The number of anilines is 1. The highest BCUT2D eigenvalue weighted by Crippen LogP contribution is 2.40. The van der Waals surface area contributed by atoms with Crippen molar-refractivity contribution in [1.29, 1.82) is 0 Å². The lowest BCUT2D eigenvalue weighted by atomic mass is 9.98. The number of hydrogen-bond donors (Lipinski definition) is 0. The second kappa shape index (κ2) is 8.20. The van der Waals surface area contributed by atoms with Crippen molar-refractivity contribution >= 4 is 38.8 Å². The number of ether oxygens (including phenoxy) is 1. The highest BCUT2D eigenvalue weighted by molar-refractivity contribution is 9.10. The van der Waals surface area contributed by atoms with Crippen molar-refractivity contribution < 1.29 is 13.9 Å². The Bertz CT molecular complexity index is 1370. The van der Waals surface area contributed by atoms with Crippen LogP contribution < -0.4 is 15.1 Å². The highest BCUT2D eigenvalue weighted by atomic mass is 79.9. The molecule has 0 aliphatic carbocycles. The third-order valence-electron chi connectivity index (χ3n) is 5.27. The van der Waals surface area contributed by atoms with Crippen molar-refractivity contribution in [1.82, 2.24) is 9.97 Å². The van der Waals surface area contributed by atoms with Gasteiger partial charge in [0, 0.05) is 16.9 Å². The van der Waals surface area contributed by atoms with Gasteiger partial charge >= 0.3 is 0 Å². The number of hydrogen-bond acceptors (Lipinski definition) is 6. The molecule has 32 heavy (non-hydrogen) atoms. The van der Waals surface area contributed by atoms with Gasteiger partial charge in [0.2, 0.25) is 11.7 Å². The maximum Gasteiger partial charge on any atom is 0.297 e. The number of carbonyl (C=O) groups is 1. The minimum Gasteiger partial charge on any atom is -0.494 e. The van der Waals surface area contributed by atoms with E-state index in [1.54, 1.807) is 36.7 Å². The number of nitrogens with zero attached hydrogens (tertiary/aromatic N) is 3. The van der Waals surface area contributed by atoms with E-state index in [4.69, 9.17) is 9.15 Å². The van der Waals surface area contributed by atoms with Crippen LogP contribution in [0.4, 0.5) is 5.95 Å². The van der Waals surface area contributed by atoms with Gasteiger partial charge in [0.05, 0.1) is 23.6 Å². The minimum absolute atomic E-state index is 0.00795. The molecule has 1 aliphatic rings. The van der Waals surface area contributed by atoms with Crippen LogP contribution in [-0.4, -0.2) is 22.5 Å². The summed E-state index contributed by atoms with van der Waals surface area (Å²) in [5.74, 6) is 0.472. The van der Waals surface area contributed by atoms with E-state index in [9.17, 15) is 9.59 Å². The first-order valence-electron chi connectivity index (χ1n) is 10.2. The Balaban J connectivity index is 1.72. The Morgan fingerprint density at radius 1 is 1.09 bits per heavy atom. The first kappa shape index (κ1) is 20.4. The lowest BCUT2D eigenvalue weighted by Crippen LogP contribution is -2.31. The number of benzene rings is 2. The molecule has 7 nitrogen and oxygen atoms in total. The summed E-state index contributed by atoms with van der Waals surface area (Å²) < 4.78 is 12.4. The summed E-state index contributed by atoms with van der Waals surface area (Å²) >= 11 is 3.40. The average Bonchev–Trinajstić information content (AvgIpc) is 3.11. The van der Waals surface area contributed by atoms with Crippen molar-refractivity contribution in [3.8, 4) is 5.75 Å². The van der Waals surface area contributed by atoms with Gasteiger partial charge in [-0.15, -0.1) is 0 Å². The van der Waals surface area contributed by atoms with Gasteiger partial charge in [-0.05, 0) is 48.4 Å². The van der Waals surface area contributed by atoms with Crippen LogP contribution in [0.3, 0.4) is 0 Å². The molecule has 1 unspecified atom stereocenters. The Labute approximate surface area is 191 Å². The van der Waals surface area contributed by atoms with E-state index in [1.807, 2.05) is 31.2 Å². The van der Waals surface area contributed by atoms with Crippen LogP contribution in [0.1, 0.15) is 41.1 Å². The molecule has 4 aromatic rings. The van der Waals surface area contributed by atoms with Crippen LogP contribution in [0, 0.1) is 0 Å². The fraction of sp³-hybridized carbons (Fsp3) is 0.167. The smallest absolute Gasteiger partial charge is 0.297 e.